The van der Waals surface area contributed by atoms with Crippen LogP contribution in [0.3, 0.4) is 0 Å². The predicted octanol–water partition coefficient (Wildman–Crippen LogP) is -0.848. The zero-order valence-corrected chi connectivity index (χ0v) is 17.8. The fourth-order valence-corrected chi connectivity index (χ4v) is 2.71. The van der Waals surface area contributed by atoms with Crippen LogP contribution in [0, 0.1) is 11.8 Å². The number of hydrogen-bond donors (Lipinski definition) is 6. The Kier molecular flexibility index (Phi) is 9.96. The minimum atomic E-state index is -1.13. The molecule has 0 radical (unpaired) electrons. The summed E-state index contributed by atoms with van der Waals surface area (Å²) >= 11 is 0. The number of nitrogens with zero attached hydrogens (tertiary/aromatic N) is 1. The molecule has 0 fully saturated rings. The summed E-state index contributed by atoms with van der Waals surface area (Å²) in [6.07, 6.45) is 3.83. The molecule has 1 heterocycles. The molecule has 30 heavy (non-hydrogen) atoms. The number of amides is 3. The highest BCUT2D eigenvalue weighted by Gasteiger charge is 2.31. The molecule has 0 aliphatic rings. The number of aromatic amines is 1. The maximum atomic E-state index is 12.6. The number of carboxylic acid groups (broad SMARTS) is 1. The molecule has 0 aliphatic carbocycles. The van der Waals surface area contributed by atoms with Gasteiger partial charge in [-0.1, -0.05) is 34.1 Å². The third-order valence-electron chi connectivity index (χ3n) is 4.80. The maximum Gasteiger partial charge on any atom is 0.326 e. The Morgan fingerprint density at radius 2 is 1.80 bits per heavy atom. The SMILES string of the molecule is CCC(C)C(NC(=O)C(NC(=O)CNC(=O)C(N)Cc1cnc[nH]1)C(C)C)C(=O)O. The number of rotatable bonds is 12. The highest BCUT2D eigenvalue weighted by atomic mass is 16.4. The zero-order chi connectivity index (χ0) is 22.8. The lowest BCUT2D eigenvalue weighted by atomic mass is 9.97. The lowest BCUT2D eigenvalue weighted by Crippen LogP contribution is -2.56. The maximum absolute atomic E-state index is 12.6. The molecule has 0 aliphatic heterocycles. The zero-order valence-electron chi connectivity index (χ0n) is 17.8. The van der Waals surface area contributed by atoms with Crippen LogP contribution in [-0.4, -0.2) is 63.4 Å². The average molecular weight is 425 g/mol. The molecule has 0 bridgehead atoms. The predicted molar refractivity (Wildman–Crippen MR) is 109 cm³/mol. The van der Waals surface area contributed by atoms with E-state index in [1.807, 2.05) is 6.92 Å². The molecule has 11 heteroatoms. The molecule has 3 amide bonds. The third-order valence-corrected chi connectivity index (χ3v) is 4.80. The number of carbonyl (C=O) groups excluding carboxylic acids is 3. The van der Waals surface area contributed by atoms with E-state index in [9.17, 15) is 24.3 Å². The summed E-state index contributed by atoms with van der Waals surface area (Å²) < 4.78 is 0. The van der Waals surface area contributed by atoms with Crippen LogP contribution in [0.5, 0.6) is 0 Å². The van der Waals surface area contributed by atoms with Crippen LogP contribution in [0.25, 0.3) is 0 Å². The Labute approximate surface area is 175 Å². The Bertz CT molecular complexity index is 721. The molecule has 1 rings (SSSR count). The van der Waals surface area contributed by atoms with Crippen LogP contribution in [0.15, 0.2) is 12.5 Å². The number of imidazole rings is 1. The summed E-state index contributed by atoms with van der Waals surface area (Å²) in [6, 6.07) is -2.87. The molecular weight excluding hydrogens is 392 g/mol. The molecule has 0 saturated heterocycles. The van der Waals surface area contributed by atoms with E-state index in [1.54, 1.807) is 27.0 Å². The van der Waals surface area contributed by atoms with Crippen molar-refractivity contribution in [2.75, 3.05) is 6.54 Å². The largest absolute Gasteiger partial charge is 0.480 e. The Balaban J connectivity index is 2.60. The Morgan fingerprint density at radius 3 is 2.30 bits per heavy atom. The number of carbonyl (C=O) groups is 4. The van der Waals surface area contributed by atoms with Crippen LogP contribution in [-0.2, 0) is 25.6 Å². The molecule has 168 valence electrons. The molecule has 0 saturated carbocycles. The molecule has 4 unspecified atom stereocenters. The summed E-state index contributed by atoms with van der Waals surface area (Å²) in [6.45, 7) is 6.64. The summed E-state index contributed by atoms with van der Waals surface area (Å²) in [5, 5.41) is 16.8. The number of hydrogen-bond acceptors (Lipinski definition) is 6. The smallest absolute Gasteiger partial charge is 0.326 e. The summed E-state index contributed by atoms with van der Waals surface area (Å²) in [4.78, 5) is 55.0. The molecule has 7 N–H and O–H groups in total. The van der Waals surface area contributed by atoms with Crippen molar-refractivity contribution in [1.29, 1.82) is 0 Å². The first-order valence-corrected chi connectivity index (χ1v) is 9.89. The van der Waals surface area contributed by atoms with Crippen LogP contribution in [0.1, 0.15) is 39.8 Å². The number of aromatic nitrogens is 2. The van der Waals surface area contributed by atoms with Crippen molar-refractivity contribution in [3.8, 4) is 0 Å². The molecular formula is C19H32N6O5. The summed E-state index contributed by atoms with van der Waals surface area (Å²) in [5.41, 5.74) is 6.49. The van der Waals surface area contributed by atoms with Crippen LogP contribution in [0.2, 0.25) is 0 Å². The van der Waals surface area contributed by atoms with Crippen molar-refractivity contribution in [3.05, 3.63) is 18.2 Å². The van der Waals surface area contributed by atoms with Crippen LogP contribution >= 0.6 is 0 Å². The van der Waals surface area contributed by atoms with Crippen LogP contribution < -0.4 is 21.7 Å². The molecule has 11 nitrogen and oxygen atoms in total. The first-order chi connectivity index (χ1) is 14.1. The van der Waals surface area contributed by atoms with Gasteiger partial charge in [-0.05, 0) is 11.8 Å². The van der Waals surface area contributed by atoms with E-state index in [1.165, 1.54) is 6.33 Å². The van der Waals surface area contributed by atoms with Crippen molar-refractivity contribution in [1.82, 2.24) is 25.9 Å². The number of aliphatic carboxylic acids is 1. The number of nitrogens with two attached hydrogens (primary N) is 1. The van der Waals surface area contributed by atoms with Gasteiger partial charge >= 0.3 is 5.97 Å². The quantitative estimate of drug-likeness (QED) is 0.253. The van der Waals surface area contributed by atoms with Gasteiger partial charge in [0.2, 0.25) is 17.7 Å². The molecule has 0 aromatic carbocycles. The normalized spacial score (nSPS) is 15.0. The third kappa shape index (κ3) is 7.82. The fraction of sp³-hybridized carbons (Fsp3) is 0.632. The van der Waals surface area contributed by atoms with E-state index in [0.717, 1.165) is 0 Å². The second-order valence-corrected chi connectivity index (χ2v) is 7.60. The highest BCUT2D eigenvalue weighted by molar-refractivity contribution is 5.92. The summed E-state index contributed by atoms with van der Waals surface area (Å²) in [5.74, 6) is -3.39. The van der Waals surface area contributed by atoms with E-state index in [-0.39, 0.29) is 24.8 Å². The van der Waals surface area contributed by atoms with Crippen molar-refractivity contribution in [2.45, 2.75) is 58.7 Å². The number of carboxylic acids is 1. The molecule has 4 atom stereocenters. The van der Waals surface area contributed by atoms with Gasteiger partial charge in [0.25, 0.3) is 0 Å². The van der Waals surface area contributed by atoms with Gasteiger partial charge in [-0.3, -0.25) is 14.4 Å². The van der Waals surface area contributed by atoms with Gasteiger partial charge in [0, 0.05) is 18.3 Å². The average Bonchev–Trinajstić information content (AvgIpc) is 3.19. The van der Waals surface area contributed by atoms with Gasteiger partial charge in [-0.2, -0.15) is 0 Å². The van der Waals surface area contributed by atoms with Crippen molar-refractivity contribution in [3.63, 3.8) is 0 Å². The van der Waals surface area contributed by atoms with E-state index in [4.69, 9.17) is 5.73 Å². The standard InChI is InChI=1S/C19H32N6O5/c1-5-11(4)16(19(29)30)25-18(28)15(10(2)3)24-14(26)8-22-17(27)13(20)6-12-7-21-9-23-12/h7,9-11,13,15-16H,5-6,8,20H2,1-4H3,(H,21,23)(H,22,27)(H,24,26)(H,25,28)(H,29,30). The van der Waals surface area contributed by atoms with Crippen LogP contribution in [0.4, 0.5) is 0 Å². The number of H-pyrrole nitrogens is 1. The highest BCUT2D eigenvalue weighted by Crippen LogP contribution is 2.10. The minimum Gasteiger partial charge on any atom is -0.480 e. The van der Waals surface area contributed by atoms with Crippen molar-refractivity contribution < 1.29 is 24.3 Å². The fourth-order valence-electron chi connectivity index (χ4n) is 2.71. The van der Waals surface area contributed by atoms with E-state index < -0.39 is 41.8 Å². The van der Waals surface area contributed by atoms with Gasteiger partial charge in [0.15, 0.2) is 0 Å². The molecule has 0 spiro atoms. The topological polar surface area (TPSA) is 179 Å². The van der Waals surface area contributed by atoms with E-state index in [2.05, 4.69) is 25.9 Å². The first kappa shape index (κ1) is 25.1. The first-order valence-electron chi connectivity index (χ1n) is 9.89. The van der Waals surface area contributed by atoms with Crippen molar-refractivity contribution >= 4 is 23.7 Å². The lowest BCUT2D eigenvalue weighted by Gasteiger charge is -2.26. The second kappa shape index (κ2) is 11.9. The van der Waals surface area contributed by atoms with Gasteiger partial charge in [0.1, 0.15) is 12.1 Å². The van der Waals surface area contributed by atoms with Crippen molar-refractivity contribution in [2.24, 2.45) is 17.6 Å². The monoisotopic (exact) mass is 424 g/mol. The Hall–Kier alpha value is -2.95. The molecule has 1 aromatic heterocycles. The van der Waals surface area contributed by atoms with Gasteiger partial charge < -0.3 is 31.8 Å². The van der Waals surface area contributed by atoms with E-state index in [0.29, 0.717) is 12.1 Å². The molecule has 1 aromatic rings. The minimum absolute atomic E-state index is 0.233. The van der Waals surface area contributed by atoms with Gasteiger partial charge in [-0.25, -0.2) is 9.78 Å². The Morgan fingerprint density at radius 1 is 1.13 bits per heavy atom. The van der Waals surface area contributed by atoms with Gasteiger partial charge in [0.05, 0.1) is 18.9 Å². The lowest BCUT2D eigenvalue weighted by molar-refractivity contribution is -0.144. The second-order valence-electron chi connectivity index (χ2n) is 7.60. The summed E-state index contributed by atoms with van der Waals surface area (Å²) in [7, 11) is 0. The van der Waals surface area contributed by atoms with E-state index >= 15 is 0 Å². The number of nitrogens with one attached hydrogen (secondary N) is 4. The van der Waals surface area contributed by atoms with Gasteiger partial charge in [-0.15, -0.1) is 0 Å².